The predicted octanol–water partition coefficient (Wildman–Crippen LogP) is 4.17. The second-order valence-electron chi connectivity index (χ2n) is 4.40. The molecule has 2 N–H and O–H groups in total. The molecule has 0 unspecified atom stereocenters. The van der Waals surface area contributed by atoms with E-state index >= 15 is 0 Å². The molecule has 0 fully saturated rings. The summed E-state index contributed by atoms with van der Waals surface area (Å²) in [7, 11) is 0. The number of benzene rings is 2. The lowest BCUT2D eigenvalue weighted by molar-refractivity contribution is 0.0693. The van der Waals surface area contributed by atoms with Gasteiger partial charge in [0, 0.05) is 0 Å². The van der Waals surface area contributed by atoms with Crippen molar-refractivity contribution in [2.45, 2.75) is 6.61 Å². The second-order valence-corrected chi connectivity index (χ2v) is 5.19. The number of carbonyl (C=O) groups is 2. The van der Waals surface area contributed by atoms with E-state index in [0.717, 1.165) is 0 Å². The number of carbonyl (C=O) groups excluding carboxylic acids is 1. The van der Waals surface area contributed by atoms with Gasteiger partial charge in [0.1, 0.15) is 18.0 Å². The van der Waals surface area contributed by atoms with Crippen molar-refractivity contribution in [3.05, 3.63) is 63.6 Å². The number of amides is 1. The van der Waals surface area contributed by atoms with Crippen molar-refractivity contribution in [3.8, 4) is 0 Å². The lowest BCUT2D eigenvalue weighted by Crippen LogP contribution is -2.17. The van der Waals surface area contributed by atoms with Crippen LogP contribution in [0, 0.1) is 11.6 Å². The van der Waals surface area contributed by atoms with Crippen LogP contribution in [-0.4, -0.2) is 17.2 Å². The highest BCUT2D eigenvalue weighted by atomic mass is 79.9. The van der Waals surface area contributed by atoms with Gasteiger partial charge < -0.3 is 9.84 Å². The fraction of sp³-hybridized carbons (Fsp3) is 0.0667. The minimum absolute atomic E-state index is 0.0728. The van der Waals surface area contributed by atoms with Crippen molar-refractivity contribution in [1.82, 2.24) is 0 Å². The number of hydrogen-bond acceptors (Lipinski definition) is 3. The van der Waals surface area contributed by atoms with Crippen LogP contribution < -0.4 is 5.32 Å². The first-order valence-electron chi connectivity index (χ1n) is 6.28. The number of carboxylic acid groups (broad SMARTS) is 1. The van der Waals surface area contributed by atoms with Crippen molar-refractivity contribution < 1.29 is 28.2 Å². The van der Waals surface area contributed by atoms with Gasteiger partial charge in [0.2, 0.25) is 0 Å². The first kappa shape index (κ1) is 16.9. The van der Waals surface area contributed by atoms with Gasteiger partial charge >= 0.3 is 12.1 Å². The smallest absolute Gasteiger partial charge is 0.411 e. The molecule has 2 rings (SSSR count). The second kappa shape index (κ2) is 7.19. The van der Waals surface area contributed by atoms with E-state index in [4.69, 9.17) is 9.84 Å². The molecule has 0 saturated carbocycles. The molecule has 0 bridgehead atoms. The van der Waals surface area contributed by atoms with Crippen molar-refractivity contribution in [1.29, 1.82) is 0 Å². The fourth-order valence-corrected chi connectivity index (χ4v) is 2.08. The quantitative estimate of drug-likeness (QED) is 0.774. The maximum absolute atomic E-state index is 13.8. The third-order valence-corrected chi connectivity index (χ3v) is 3.55. The van der Waals surface area contributed by atoms with Gasteiger partial charge in [0.25, 0.3) is 0 Å². The predicted molar refractivity (Wildman–Crippen MR) is 81.3 cm³/mol. The summed E-state index contributed by atoms with van der Waals surface area (Å²) in [6, 6.07) is 9.41. The van der Waals surface area contributed by atoms with E-state index in [-0.39, 0.29) is 6.61 Å². The average molecular weight is 386 g/mol. The highest BCUT2D eigenvalue weighted by molar-refractivity contribution is 9.10. The van der Waals surface area contributed by atoms with Crippen LogP contribution >= 0.6 is 15.9 Å². The normalized spacial score (nSPS) is 10.2. The van der Waals surface area contributed by atoms with Crippen molar-refractivity contribution >= 4 is 33.7 Å². The summed E-state index contributed by atoms with van der Waals surface area (Å²) in [6.45, 7) is -0.0728. The van der Waals surface area contributed by atoms with E-state index in [1.165, 1.54) is 0 Å². The first-order chi connectivity index (χ1) is 10.9. The van der Waals surface area contributed by atoms with Crippen LogP contribution in [0.4, 0.5) is 19.3 Å². The first-order valence-corrected chi connectivity index (χ1v) is 7.08. The van der Waals surface area contributed by atoms with E-state index in [1.807, 2.05) is 5.32 Å². The van der Waals surface area contributed by atoms with Gasteiger partial charge in [-0.05, 0) is 27.6 Å². The highest BCUT2D eigenvalue weighted by Gasteiger charge is 2.23. The molecule has 0 heterocycles. The molecule has 0 aliphatic rings. The molecule has 23 heavy (non-hydrogen) atoms. The van der Waals surface area contributed by atoms with Crippen LogP contribution in [-0.2, 0) is 11.3 Å². The molecule has 5 nitrogen and oxygen atoms in total. The highest BCUT2D eigenvalue weighted by Crippen LogP contribution is 2.29. The minimum Gasteiger partial charge on any atom is -0.478 e. The average Bonchev–Trinajstić information content (AvgIpc) is 2.51. The van der Waals surface area contributed by atoms with Gasteiger partial charge in [0.05, 0.1) is 10.2 Å². The zero-order valence-corrected chi connectivity index (χ0v) is 13.1. The van der Waals surface area contributed by atoms with E-state index in [9.17, 15) is 18.4 Å². The number of ether oxygens (including phenoxy) is 1. The number of anilines is 1. The number of rotatable bonds is 4. The molecule has 0 aliphatic heterocycles. The number of hydrogen-bond donors (Lipinski definition) is 2. The molecule has 0 atom stereocenters. The van der Waals surface area contributed by atoms with Crippen LogP contribution in [0.25, 0.3) is 0 Å². The summed E-state index contributed by atoms with van der Waals surface area (Å²) < 4.78 is 31.6. The van der Waals surface area contributed by atoms with Crippen LogP contribution in [0.1, 0.15) is 15.9 Å². The summed E-state index contributed by atoms with van der Waals surface area (Å²) in [5, 5.41) is 11.0. The van der Waals surface area contributed by atoms with Gasteiger partial charge in [-0.15, -0.1) is 0 Å². The molecule has 2 aromatic rings. The summed E-state index contributed by atoms with van der Waals surface area (Å²) in [6.07, 6.45) is -1.03. The van der Waals surface area contributed by atoms with Gasteiger partial charge in [-0.25, -0.2) is 18.4 Å². The summed E-state index contributed by atoms with van der Waals surface area (Å²) >= 11 is 2.60. The molecular weight excluding hydrogens is 376 g/mol. The van der Waals surface area contributed by atoms with Crippen molar-refractivity contribution in [2.75, 3.05) is 5.32 Å². The summed E-state index contributed by atoms with van der Waals surface area (Å²) in [5.41, 5.74) is -0.696. The van der Waals surface area contributed by atoms with E-state index < -0.39 is 39.4 Å². The Balaban J connectivity index is 2.16. The molecule has 8 heteroatoms. The Bertz CT molecular complexity index is 753. The number of carboxylic acids is 1. The molecule has 0 saturated heterocycles. The van der Waals surface area contributed by atoms with Gasteiger partial charge in [-0.3, -0.25) is 5.32 Å². The number of nitrogens with one attached hydrogen (secondary N) is 1. The number of aromatic carboxylic acids is 1. The Hall–Kier alpha value is -2.48. The molecule has 0 radical (unpaired) electrons. The molecule has 120 valence electrons. The minimum atomic E-state index is -1.65. The Morgan fingerprint density at radius 3 is 2.48 bits per heavy atom. The van der Waals surface area contributed by atoms with Gasteiger partial charge in [-0.1, -0.05) is 30.3 Å². The largest absolute Gasteiger partial charge is 0.478 e. The third kappa shape index (κ3) is 4.04. The Morgan fingerprint density at radius 2 is 1.87 bits per heavy atom. The Labute approximate surface area is 138 Å². The van der Waals surface area contributed by atoms with Crippen molar-refractivity contribution in [2.24, 2.45) is 0 Å². The molecule has 0 spiro atoms. The van der Waals surface area contributed by atoms with Crippen LogP contribution in [0.15, 0.2) is 40.9 Å². The molecular formula is C15H10BrF2NO4. The maximum atomic E-state index is 13.8. The lowest BCUT2D eigenvalue weighted by Gasteiger charge is -2.11. The zero-order chi connectivity index (χ0) is 17.0. The third-order valence-electron chi connectivity index (χ3n) is 2.83. The van der Waals surface area contributed by atoms with Crippen LogP contribution in [0.2, 0.25) is 0 Å². The Morgan fingerprint density at radius 1 is 1.22 bits per heavy atom. The lowest BCUT2D eigenvalue weighted by atomic mass is 10.1. The standard InChI is InChI=1S/C15H10BrF2NO4/c16-12-9(17)6-10(11(13(12)18)14(20)21)19-15(22)23-7-8-4-2-1-3-5-8/h1-6H,7H2,(H,19,22)(H,20,21). The van der Waals surface area contributed by atoms with Gasteiger partial charge in [0.15, 0.2) is 5.82 Å². The molecule has 0 aliphatic carbocycles. The maximum Gasteiger partial charge on any atom is 0.411 e. The van der Waals surface area contributed by atoms with Crippen molar-refractivity contribution in [3.63, 3.8) is 0 Å². The SMILES string of the molecule is O=C(Nc1cc(F)c(Br)c(F)c1C(=O)O)OCc1ccccc1. The van der Waals surface area contributed by atoms with Gasteiger partial charge in [-0.2, -0.15) is 0 Å². The van der Waals surface area contributed by atoms with Crippen LogP contribution in [0.5, 0.6) is 0 Å². The number of halogens is 3. The molecule has 0 aromatic heterocycles. The zero-order valence-electron chi connectivity index (χ0n) is 11.5. The fourth-order valence-electron chi connectivity index (χ4n) is 1.77. The van der Waals surface area contributed by atoms with E-state index in [0.29, 0.717) is 11.6 Å². The Kier molecular flexibility index (Phi) is 5.28. The molecule has 1 amide bonds. The summed E-state index contributed by atoms with van der Waals surface area (Å²) in [5.74, 6) is -4.02. The van der Waals surface area contributed by atoms with Crippen LogP contribution in [0.3, 0.4) is 0 Å². The van der Waals surface area contributed by atoms with E-state index in [2.05, 4.69) is 15.9 Å². The molecule has 2 aromatic carbocycles. The van der Waals surface area contributed by atoms with E-state index in [1.54, 1.807) is 30.3 Å². The topological polar surface area (TPSA) is 75.6 Å². The summed E-state index contributed by atoms with van der Waals surface area (Å²) in [4.78, 5) is 22.8. The monoisotopic (exact) mass is 385 g/mol.